The maximum absolute atomic E-state index is 12.8. The van der Waals surface area contributed by atoms with Crippen LogP contribution >= 0.6 is 0 Å². The van der Waals surface area contributed by atoms with Gasteiger partial charge in [-0.1, -0.05) is 45.9 Å². The third kappa shape index (κ3) is 4.42. The van der Waals surface area contributed by atoms with Crippen molar-refractivity contribution >= 4 is 27.7 Å². The number of fused-ring (bicyclic) bond motifs is 2. The van der Waals surface area contributed by atoms with Crippen molar-refractivity contribution in [3.8, 4) is 0 Å². The van der Waals surface area contributed by atoms with Gasteiger partial charge in [-0.05, 0) is 43.8 Å². The molecule has 2 N–H and O–H groups in total. The number of hydrogen-bond acceptors (Lipinski definition) is 3. The number of likely N-dealkylation sites (N-methyl/N-ethyl adjacent to an activating group) is 1. The number of carbonyl (C=O) groups is 1. The van der Waals surface area contributed by atoms with Crippen molar-refractivity contribution in [1.82, 2.24) is 15.2 Å². The Hall–Kier alpha value is -2.66. The van der Waals surface area contributed by atoms with E-state index in [2.05, 4.69) is 29.0 Å². The molecular weight excluding hydrogens is 350 g/mol. The van der Waals surface area contributed by atoms with Gasteiger partial charge in [0.25, 0.3) is 5.91 Å². The molecule has 0 aliphatic heterocycles. The third-order valence-electron chi connectivity index (χ3n) is 4.93. The molecule has 0 unspecified atom stereocenters. The van der Waals surface area contributed by atoms with Crippen LogP contribution in [-0.2, 0) is 0 Å². The number of amides is 1. The van der Waals surface area contributed by atoms with Gasteiger partial charge in [-0.25, -0.2) is 0 Å². The third-order valence-corrected chi connectivity index (χ3v) is 4.93. The molecule has 0 aliphatic carbocycles. The number of carbonyl (C=O) groups excluding carboxylic acids is 1. The Balaban J connectivity index is 0.00000136. The summed E-state index contributed by atoms with van der Waals surface area (Å²) in [5, 5.41) is 4.16. The number of aromatic nitrogens is 1. The number of aryl methyl sites for hydroxylation is 1. The molecule has 0 fully saturated rings. The van der Waals surface area contributed by atoms with Crippen LogP contribution in [-0.4, -0.2) is 42.0 Å². The summed E-state index contributed by atoms with van der Waals surface area (Å²) >= 11 is 0. The molecule has 0 saturated carbocycles. The van der Waals surface area contributed by atoms with Gasteiger partial charge in [-0.15, -0.1) is 0 Å². The minimum atomic E-state index is -0.161. The van der Waals surface area contributed by atoms with Gasteiger partial charge in [-0.2, -0.15) is 0 Å². The number of nitrogens with one attached hydrogen (secondary N) is 2. The predicted molar refractivity (Wildman–Crippen MR) is 118 cm³/mol. The molecule has 0 aliphatic rings. The van der Waals surface area contributed by atoms with Crippen LogP contribution < -0.4 is 10.7 Å². The SMILES string of the molecule is CC.CCN(CC)CCNC(=O)c1cccc2c(=O)c3cccc(C)c3[nH]c12. The van der Waals surface area contributed by atoms with Gasteiger partial charge in [0, 0.05) is 23.9 Å². The van der Waals surface area contributed by atoms with Crippen LogP contribution in [0.1, 0.15) is 43.6 Å². The van der Waals surface area contributed by atoms with Crippen molar-refractivity contribution < 1.29 is 4.79 Å². The van der Waals surface area contributed by atoms with Gasteiger partial charge in [0.2, 0.25) is 0 Å². The smallest absolute Gasteiger partial charge is 0.253 e. The first-order valence-electron chi connectivity index (χ1n) is 10.1. The summed E-state index contributed by atoms with van der Waals surface area (Å²) in [7, 11) is 0. The highest BCUT2D eigenvalue weighted by Gasteiger charge is 2.14. The van der Waals surface area contributed by atoms with Crippen LogP contribution in [0.25, 0.3) is 21.8 Å². The Labute approximate surface area is 166 Å². The summed E-state index contributed by atoms with van der Waals surface area (Å²) in [6, 6.07) is 10.9. The molecule has 3 aromatic rings. The number of pyridine rings is 1. The van der Waals surface area contributed by atoms with Gasteiger partial charge in [0.05, 0.1) is 16.6 Å². The molecule has 1 amide bonds. The fraction of sp³-hybridized carbons (Fsp3) is 0.391. The molecule has 5 heteroatoms. The highest BCUT2D eigenvalue weighted by molar-refractivity contribution is 6.07. The van der Waals surface area contributed by atoms with E-state index in [0.717, 1.165) is 30.7 Å². The predicted octanol–water partition coefficient (Wildman–Crippen LogP) is 4.09. The van der Waals surface area contributed by atoms with E-state index in [1.807, 2.05) is 39.0 Å². The molecule has 0 spiro atoms. The lowest BCUT2D eigenvalue weighted by Gasteiger charge is -2.18. The molecule has 0 saturated heterocycles. The second kappa shape index (κ2) is 10.0. The van der Waals surface area contributed by atoms with Crippen LogP contribution in [0.3, 0.4) is 0 Å². The minimum absolute atomic E-state index is 0.0461. The standard InChI is InChI=1S/C21H25N3O2.C2H6/c1-4-24(5-2)13-12-22-21(26)17-11-7-10-16-19(17)23-18-14(3)8-6-9-15(18)20(16)25;1-2/h6-11H,4-5,12-13H2,1-3H3,(H,22,26)(H,23,25);1-2H3. The maximum atomic E-state index is 12.8. The first-order valence-corrected chi connectivity index (χ1v) is 10.1. The van der Waals surface area contributed by atoms with Gasteiger partial charge in [-0.3, -0.25) is 9.59 Å². The fourth-order valence-electron chi connectivity index (χ4n) is 3.32. The van der Waals surface area contributed by atoms with E-state index in [-0.39, 0.29) is 11.3 Å². The number of para-hydroxylation sites is 2. The minimum Gasteiger partial charge on any atom is -0.353 e. The van der Waals surface area contributed by atoms with Crippen molar-refractivity contribution in [2.24, 2.45) is 0 Å². The number of H-pyrrole nitrogens is 1. The number of rotatable bonds is 6. The monoisotopic (exact) mass is 381 g/mol. The number of aromatic amines is 1. The Morgan fingerprint density at radius 3 is 2.25 bits per heavy atom. The van der Waals surface area contributed by atoms with E-state index in [0.29, 0.717) is 28.4 Å². The summed E-state index contributed by atoms with van der Waals surface area (Å²) in [6.07, 6.45) is 0. The zero-order valence-corrected chi connectivity index (χ0v) is 17.6. The van der Waals surface area contributed by atoms with E-state index in [1.165, 1.54) is 0 Å². The van der Waals surface area contributed by atoms with Crippen molar-refractivity contribution in [1.29, 1.82) is 0 Å². The Kier molecular flexibility index (Phi) is 7.76. The quantitative estimate of drug-likeness (QED) is 0.632. The molecule has 1 heterocycles. The number of benzene rings is 2. The van der Waals surface area contributed by atoms with E-state index >= 15 is 0 Å². The molecule has 0 bridgehead atoms. The van der Waals surface area contributed by atoms with Crippen LogP contribution in [0.15, 0.2) is 41.2 Å². The Bertz CT molecular complexity index is 1000. The highest BCUT2D eigenvalue weighted by atomic mass is 16.1. The largest absolute Gasteiger partial charge is 0.353 e. The normalized spacial score (nSPS) is 10.8. The summed E-state index contributed by atoms with van der Waals surface area (Å²) in [5.74, 6) is -0.161. The Morgan fingerprint density at radius 2 is 1.61 bits per heavy atom. The maximum Gasteiger partial charge on any atom is 0.253 e. The summed E-state index contributed by atoms with van der Waals surface area (Å²) in [5.41, 5.74) is 2.82. The molecule has 1 aromatic heterocycles. The van der Waals surface area contributed by atoms with Gasteiger partial charge in [0.1, 0.15) is 0 Å². The second-order valence-electron chi connectivity index (χ2n) is 6.46. The molecule has 3 rings (SSSR count). The fourth-order valence-corrected chi connectivity index (χ4v) is 3.32. The first-order chi connectivity index (χ1) is 13.6. The lowest BCUT2D eigenvalue weighted by atomic mass is 10.0. The average Bonchev–Trinajstić information content (AvgIpc) is 2.73. The second-order valence-corrected chi connectivity index (χ2v) is 6.46. The van der Waals surface area contributed by atoms with Gasteiger partial charge in [0.15, 0.2) is 5.43 Å². The number of hydrogen-bond donors (Lipinski definition) is 2. The van der Waals surface area contributed by atoms with E-state index in [4.69, 9.17) is 0 Å². The summed E-state index contributed by atoms with van der Waals surface area (Å²) < 4.78 is 0. The molecule has 150 valence electrons. The molecule has 28 heavy (non-hydrogen) atoms. The van der Waals surface area contributed by atoms with Crippen molar-refractivity contribution in [3.63, 3.8) is 0 Å². The first kappa shape index (κ1) is 21.6. The van der Waals surface area contributed by atoms with Crippen LogP contribution in [0.5, 0.6) is 0 Å². The lowest BCUT2D eigenvalue weighted by molar-refractivity contribution is 0.0950. The van der Waals surface area contributed by atoms with Gasteiger partial charge >= 0.3 is 0 Å². The van der Waals surface area contributed by atoms with Gasteiger partial charge < -0.3 is 15.2 Å². The van der Waals surface area contributed by atoms with E-state index in [1.54, 1.807) is 18.2 Å². The molecular formula is C23H31N3O2. The van der Waals surface area contributed by atoms with Crippen LogP contribution in [0.2, 0.25) is 0 Å². The van der Waals surface area contributed by atoms with Crippen molar-refractivity contribution in [2.45, 2.75) is 34.6 Å². The van der Waals surface area contributed by atoms with Crippen molar-refractivity contribution in [3.05, 3.63) is 57.7 Å². The van der Waals surface area contributed by atoms with E-state index in [9.17, 15) is 9.59 Å². The average molecular weight is 382 g/mol. The molecule has 0 atom stereocenters. The van der Waals surface area contributed by atoms with Crippen LogP contribution in [0, 0.1) is 6.92 Å². The summed E-state index contributed by atoms with van der Waals surface area (Å²) in [4.78, 5) is 31.1. The highest BCUT2D eigenvalue weighted by Crippen LogP contribution is 2.20. The zero-order chi connectivity index (χ0) is 20.7. The lowest BCUT2D eigenvalue weighted by Crippen LogP contribution is -2.35. The molecule has 0 radical (unpaired) electrons. The molecule has 2 aromatic carbocycles. The zero-order valence-electron chi connectivity index (χ0n) is 17.6. The van der Waals surface area contributed by atoms with Crippen LogP contribution in [0.4, 0.5) is 0 Å². The Morgan fingerprint density at radius 1 is 1.00 bits per heavy atom. The van der Waals surface area contributed by atoms with Crippen molar-refractivity contribution in [2.75, 3.05) is 26.2 Å². The van der Waals surface area contributed by atoms with E-state index < -0.39 is 0 Å². The molecule has 5 nitrogen and oxygen atoms in total. The topological polar surface area (TPSA) is 65.2 Å². The number of nitrogens with zero attached hydrogens (tertiary/aromatic N) is 1. The summed E-state index contributed by atoms with van der Waals surface area (Å²) in [6.45, 7) is 13.5.